The molecular weight excluding hydrogens is 458 g/mol. The number of likely N-dealkylation sites (tertiary alicyclic amines) is 1. The summed E-state index contributed by atoms with van der Waals surface area (Å²) in [4.78, 5) is 25.6. The maximum Gasteiger partial charge on any atom is 0.410 e. The molecule has 1 saturated heterocycles. The Morgan fingerprint density at radius 3 is 2.67 bits per heavy atom. The number of carbonyl (C=O) groups is 2. The Hall–Kier alpha value is -2.28. The van der Waals surface area contributed by atoms with Crippen molar-refractivity contribution in [2.75, 3.05) is 19.7 Å². The van der Waals surface area contributed by atoms with E-state index in [1.807, 2.05) is 17.0 Å². The molecule has 7 heteroatoms. The minimum absolute atomic E-state index is 0.0934. The number of nitrogens with zero attached hydrogens (tertiary/aromatic N) is 1. The summed E-state index contributed by atoms with van der Waals surface area (Å²) in [5, 5.41) is 20.0. The van der Waals surface area contributed by atoms with Crippen molar-refractivity contribution in [2.45, 2.75) is 96.2 Å². The molecular formula is C29H43NO6. The standard InChI is InChI=1S/C29H43NO6/c1-2-3-5-10-22(36-29(34)30-14-6-4-7-15-30)12-13-23-24-16-20-9-8-11-27(35-19-28(32)33)25(20)17-21(24)18-26(23)31/h8-9,11,21-24,26,31H,2-7,10,12-19H2,1H3,(H,32,33)/t21-,22-,23+,24-,26+/m0/s1. The molecule has 1 aliphatic heterocycles. The summed E-state index contributed by atoms with van der Waals surface area (Å²) in [6, 6.07) is 5.89. The van der Waals surface area contributed by atoms with Gasteiger partial charge in [-0.05, 0) is 99.2 Å². The Balaban J connectivity index is 1.38. The molecule has 0 radical (unpaired) electrons. The maximum absolute atomic E-state index is 12.8. The number of carboxylic acids is 1. The molecule has 2 N–H and O–H groups in total. The van der Waals surface area contributed by atoms with Gasteiger partial charge in [0.15, 0.2) is 6.61 Å². The molecule has 36 heavy (non-hydrogen) atoms. The van der Waals surface area contributed by atoms with Gasteiger partial charge in [-0.15, -0.1) is 0 Å². The molecule has 1 aromatic carbocycles. The summed E-state index contributed by atoms with van der Waals surface area (Å²) in [6.45, 7) is 3.43. The second-order valence-corrected chi connectivity index (χ2v) is 11.0. The number of carbonyl (C=O) groups excluding carboxylic acids is 1. The van der Waals surface area contributed by atoms with E-state index in [-0.39, 0.29) is 30.8 Å². The third-order valence-corrected chi connectivity index (χ3v) is 8.53. The highest BCUT2D eigenvalue weighted by atomic mass is 16.6. The molecule has 2 fully saturated rings. The molecule has 0 unspecified atom stereocenters. The van der Waals surface area contributed by atoms with Crippen molar-refractivity contribution in [3.63, 3.8) is 0 Å². The van der Waals surface area contributed by atoms with Crippen LogP contribution in [0.4, 0.5) is 4.79 Å². The molecule has 5 atom stereocenters. The highest BCUT2D eigenvalue weighted by Crippen LogP contribution is 2.48. The molecule has 1 heterocycles. The number of ether oxygens (including phenoxy) is 2. The maximum atomic E-state index is 12.8. The number of benzene rings is 1. The summed E-state index contributed by atoms with van der Waals surface area (Å²) in [5.41, 5.74) is 2.30. The fraction of sp³-hybridized carbons (Fsp3) is 0.724. The number of aliphatic carboxylic acids is 1. The fourth-order valence-electron chi connectivity index (χ4n) is 6.63. The van der Waals surface area contributed by atoms with E-state index < -0.39 is 5.97 Å². The number of aliphatic hydroxyl groups is 1. The first-order chi connectivity index (χ1) is 17.5. The summed E-state index contributed by atoms with van der Waals surface area (Å²) < 4.78 is 11.6. The van der Waals surface area contributed by atoms with Crippen molar-refractivity contribution < 1.29 is 29.3 Å². The van der Waals surface area contributed by atoms with E-state index >= 15 is 0 Å². The number of rotatable bonds is 11. The number of fused-ring (bicyclic) bond motifs is 2. The second kappa shape index (κ2) is 12.8. The van der Waals surface area contributed by atoms with Crippen LogP contribution < -0.4 is 4.74 Å². The van der Waals surface area contributed by atoms with Crippen LogP contribution >= 0.6 is 0 Å². The Labute approximate surface area is 215 Å². The predicted octanol–water partition coefficient (Wildman–Crippen LogP) is 5.21. The lowest BCUT2D eigenvalue weighted by molar-refractivity contribution is -0.139. The Bertz CT molecular complexity index is 883. The minimum Gasteiger partial charge on any atom is -0.482 e. The van der Waals surface area contributed by atoms with Crippen LogP contribution in [0.25, 0.3) is 0 Å². The molecule has 1 aromatic rings. The van der Waals surface area contributed by atoms with Gasteiger partial charge < -0.3 is 24.6 Å². The van der Waals surface area contributed by atoms with Crippen LogP contribution in [-0.2, 0) is 22.4 Å². The zero-order valence-corrected chi connectivity index (χ0v) is 21.7. The number of aliphatic hydroxyl groups excluding tert-OH is 1. The zero-order valence-electron chi connectivity index (χ0n) is 21.7. The minimum atomic E-state index is -0.980. The van der Waals surface area contributed by atoms with Crippen LogP contribution in [0.3, 0.4) is 0 Å². The molecule has 1 amide bonds. The van der Waals surface area contributed by atoms with Gasteiger partial charge in [0.25, 0.3) is 0 Å². The number of hydrogen-bond acceptors (Lipinski definition) is 5. The van der Waals surface area contributed by atoms with E-state index in [9.17, 15) is 14.7 Å². The van der Waals surface area contributed by atoms with E-state index in [0.717, 1.165) is 89.3 Å². The van der Waals surface area contributed by atoms with Gasteiger partial charge in [-0.2, -0.15) is 0 Å². The van der Waals surface area contributed by atoms with Gasteiger partial charge in [0.2, 0.25) is 0 Å². The molecule has 0 spiro atoms. The lowest BCUT2D eigenvalue weighted by Crippen LogP contribution is -2.38. The van der Waals surface area contributed by atoms with Crippen LogP contribution in [0.5, 0.6) is 5.75 Å². The zero-order chi connectivity index (χ0) is 25.5. The first-order valence-corrected chi connectivity index (χ1v) is 14.0. The highest BCUT2D eigenvalue weighted by Gasteiger charge is 2.45. The molecule has 3 aliphatic rings. The van der Waals surface area contributed by atoms with Crippen molar-refractivity contribution in [2.24, 2.45) is 17.8 Å². The van der Waals surface area contributed by atoms with Crippen molar-refractivity contribution in [1.29, 1.82) is 0 Å². The third kappa shape index (κ3) is 6.72. The highest BCUT2D eigenvalue weighted by molar-refractivity contribution is 5.68. The number of carboxylic acid groups (broad SMARTS) is 1. The lowest BCUT2D eigenvalue weighted by Gasteiger charge is -2.33. The number of unbranched alkanes of at least 4 members (excludes halogenated alkanes) is 2. The van der Waals surface area contributed by atoms with Gasteiger partial charge in [0, 0.05) is 13.1 Å². The number of piperidine rings is 1. The van der Waals surface area contributed by atoms with Crippen molar-refractivity contribution in [1.82, 2.24) is 4.90 Å². The summed E-state index contributed by atoms with van der Waals surface area (Å²) in [5.74, 6) is 0.617. The summed E-state index contributed by atoms with van der Waals surface area (Å²) >= 11 is 0. The summed E-state index contributed by atoms with van der Waals surface area (Å²) in [7, 11) is 0. The smallest absolute Gasteiger partial charge is 0.410 e. The third-order valence-electron chi connectivity index (χ3n) is 8.53. The largest absolute Gasteiger partial charge is 0.482 e. The quantitative estimate of drug-likeness (QED) is 0.404. The van der Waals surface area contributed by atoms with Crippen molar-refractivity contribution in [3.05, 3.63) is 29.3 Å². The van der Waals surface area contributed by atoms with Crippen molar-refractivity contribution >= 4 is 12.1 Å². The predicted molar refractivity (Wildman–Crippen MR) is 137 cm³/mol. The van der Waals surface area contributed by atoms with Crippen LogP contribution in [-0.4, -0.2) is 59.1 Å². The molecule has 0 aromatic heterocycles. The van der Waals surface area contributed by atoms with E-state index in [1.54, 1.807) is 0 Å². The van der Waals surface area contributed by atoms with Crippen LogP contribution in [0.2, 0.25) is 0 Å². The SMILES string of the molecule is CCCCC[C@@H](CC[C@@H]1[C@H]2Cc3cccc(OCC(=O)O)c3C[C@H]2C[C@H]1O)OC(=O)N1CCCCC1. The lowest BCUT2D eigenvalue weighted by atomic mass is 9.73. The first kappa shape index (κ1) is 26.8. The first-order valence-electron chi connectivity index (χ1n) is 14.0. The van der Waals surface area contributed by atoms with Gasteiger partial charge in [-0.25, -0.2) is 9.59 Å². The van der Waals surface area contributed by atoms with Gasteiger partial charge in [0.1, 0.15) is 11.9 Å². The Kier molecular flexibility index (Phi) is 9.52. The topological polar surface area (TPSA) is 96.3 Å². The Morgan fingerprint density at radius 1 is 1.11 bits per heavy atom. The molecule has 2 aliphatic carbocycles. The molecule has 0 bridgehead atoms. The van der Waals surface area contributed by atoms with Gasteiger partial charge in [-0.1, -0.05) is 31.9 Å². The fourth-order valence-corrected chi connectivity index (χ4v) is 6.63. The second-order valence-electron chi connectivity index (χ2n) is 11.0. The van der Waals surface area contributed by atoms with Gasteiger partial charge in [0.05, 0.1) is 6.10 Å². The van der Waals surface area contributed by atoms with Crippen molar-refractivity contribution in [3.8, 4) is 5.75 Å². The van der Waals surface area contributed by atoms with E-state index in [4.69, 9.17) is 14.6 Å². The van der Waals surface area contributed by atoms with E-state index in [1.165, 1.54) is 12.0 Å². The molecule has 7 nitrogen and oxygen atoms in total. The van der Waals surface area contributed by atoms with Gasteiger partial charge in [-0.3, -0.25) is 0 Å². The van der Waals surface area contributed by atoms with Crippen LogP contribution in [0.1, 0.15) is 82.3 Å². The van der Waals surface area contributed by atoms with E-state index in [0.29, 0.717) is 17.6 Å². The average molecular weight is 502 g/mol. The molecule has 200 valence electrons. The van der Waals surface area contributed by atoms with Crippen LogP contribution in [0, 0.1) is 17.8 Å². The summed E-state index contributed by atoms with van der Waals surface area (Å²) in [6.07, 6.45) is 11.0. The number of amides is 1. The monoisotopic (exact) mass is 501 g/mol. The average Bonchev–Trinajstić information content (AvgIpc) is 3.18. The van der Waals surface area contributed by atoms with Crippen LogP contribution in [0.15, 0.2) is 18.2 Å². The normalized spacial score (nSPS) is 26.1. The van der Waals surface area contributed by atoms with E-state index in [2.05, 4.69) is 13.0 Å². The Morgan fingerprint density at radius 2 is 1.92 bits per heavy atom. The van der Waals surface area contributed by atoms with Gasteiger partial charge >= 0.3 is 12.1 Å². The number of hydrogen-bond donors (Lipinski definition) is 2. The molecule has 1 saturated carbocycles. The molecule has 4 rings (SSSR count).